The maximum Gasteiger partial charge on any atom is 0.191 e. The summed E-state index contributed by atoms with van der Waals surface area (Å²) in [7, 11) is 2.17. The van der Waals surface area contributed by atoms with E-state index >= 15 is 0 Å². The van der Waals surface area contributed by atoms with E-state index in [1.54, 1.807) is 11.8 Å². The summed E-state index contributed by atoms with van der Waals surface area (Å²) in [5, 5.41) is 4.16. The second-order valence-electron chi connectivity index (χ2n) is 6.44. The van der Waals surface area contributed by atoms with E-state index in [0.29, 0.717) is 0 Å². The van der Waals surface area contributed by atoms with Crippen molar-refractivity contribution in [3.8, 4) is 0 Å². The summed E-state index contributed by atoms with van der Waals surface area (Å²) in [4.78, 5) is 11.5. The van der Waals surface area contributed by atoms with Crippen LogP contribution in [0.3, 0.4) is 0 Å². The van der Waals surface area contributed by atoms with Crippen molar-refractivity contribution in [3.63, 3.8) is 0 Å². The van der Waals surface area contributed by atoms with Crippen molar-refractivity contribution in [3.05, 3.63) is 6.07 Å². The third-order valence-corrected chi connectivity index (χ3v) is 5.56. The lowest BCUT2D eigenvalue weighted by molar-refractivity contribution is 0.337. The van der Waals surface area contributed by atoms with Crippen LogP contribution >= 0.6 is 11.8 Å². The normalized spacial score (nSPS) is 27.1. The molecule has 116 valence electrons. The summed E-state index contributed by atoms with van der Waals surface area (Å²) in [6.45, 7) is 4.12. The van der Waals surface area contributed by atoms with Gasteiger partial charge in [0.2, 0.25) is 0 Å². The largest absolute Gasteiger partial charge is 0.370 e. The smallest absolute Gasteiger partial charge is 0.191 e. The highest BCUT2D eigenvalue weighted by molar-refractivity contribution is 7.98. The zero-order valence-electron chi connectivity index (χ0n) is 13.3. The van der Waals surface area contributed by atoms with Crippen LogP contribution < -0.4 is 10.2 Å². The topological polar surface area (TPSA) is 41.0 Å². The minimum atomic E-state index is 0.850. The Morgan fingerprint density at radius 3 is 2.81 bits per heavy atom. The predicted octanol–water partition coefficient (Wildman–Crippen LogP) is 3.50. The molecule has 0 spiro atoms. The summed E-state index contributed by atoms with van der Waals surface area (Å²) >= 11 is 1.61. The van der Waals surface area contributed by atoms with E-state index in [-0.39, 0.29) is 0 Å². The number of thioether (sulfide) groups is 1. The van der Waals surface area contributed by atoms with Gasteiger partial charge < -0.3 is 10.2 Å². The standard InChI is InChI=1S/C16H26N4S/c1-4-17-14-9-15(19-16(18-14)21-3)20(2)10-13-8-11-5-6-12(13)7-11/h9,11-13H,4-8,10H2,1-3H3,(H,17,18,19). The second kappa shape index (κ2) is 6.42. The van der Waals surface area contributed by atoms with Gasteiger partial charge in [-0.25, -0.2) is 9.97 Å². The van der Waals surface area contributed by atoms with Crippen LogP contribution in [0.15, 0.2) is 11.2 Å². The molecular formula is C16H26N4S. The number of hydrogen-bond acceptors (Lipinski definition) is 5. The van der Waals surface area contributed by atoms with Crippen molar-refractivity contribution >= 4 is 23.4 Å². The van der Waals surface area contributed by atoms with E-state index in [4.69, 9.17) is 0 Å². The maximum absolute atomic E-state index is 4.68. The molecule has 21 heavy (non-hydrogen) atoms. The van der Waals surface area contributed by atoms with E-state index in [9.17, 15) is 0 Å². The Hall–Kier alpha value is -0.970. The highest BCUT2D eigenvalue weighted by Crippen LogP contribution is 2.48. The molecule has 0 radical (unpaired) electrons. The fourth-order valence-corrected chi connectivity index (χ4v) is 4.39. The first-order valence-electron chi connectivity index (χ1n) is 8.07. The van der Waals surface area contributed by atoms with Crippen LogP contribution in [-0.2, 0) is 0 Å². The molecule has 4 nitrogen and oxygen atoms in total. The van der Waals surface area contributed by atoms with Gasteiger partial charge in [0.1, 0.15) is 11.6 Å². The van der Waals surface area contributed by atoms with Crippen LogP contribution in [0.2, 0.25) is 0 Å². The van der Waals surface area contributed by atoms with Gasteiger partial charge >= 0.3 is 0 Å². The van der Waals surface area contributed by atoms with E-state index in [0.717, 1.165) is 47.6 Å². The maximum atomic E-state index is 4.68. The molecule has 3 atom stereocenters. The first kappa shape index (κ1) is 14.9. The highest BCUT2D eigenvalue weighted by atomic mass is 32.2. The molecule has 1 heterocycles. The first-order chi connectivity index (χ1) is 10.2. The molecule has 2 fully saturated rings. The third-order valence-electron chi connectivity index (χ3n) is 5.02. The summed E-state index contributed by atoms with van der Waals surface area (Å²) in [5.74, 6) is 4.83. The molecule has 3 rings (SSSR count). The van der Waals surface area contributed by atoms with E-state index in [2.05, 4.69) is 40.2 Å². The van der Waals surface area contributed by atoms with Gasteiger partial charge in [0.05, 0.1) is 0 Å². The summed E-state index contributed by atoms with van der Waals surface area (Å²) < 4.78 is 0. The van der Waals surface area contributed by atoms with E-state index in [1.165, 1.54) is 25.7 Å². The van der Waals surface area contributed by atoms with Crippen LogP contribution in [0.4, 0.5) is 11.6 Å². The number of hydrogen-bond donors (Lipinski definition) is 1. The fourth-order valence-electron chi connectivity index (χ4n) is 4.02. The lowest BCUT2D eigenvalue weighted by Gasteiger charge is -2.28. The Bertz CT molecular complexity index is 493. The minimum absolute atomic E-state index is 0.850. The molecule has 2 saturated carbocycles. The number of aromatic nitrogens is 2. The van der Waals surface area contributed by atoms with Gasteiger partial charge in [-0.05, 0) is 50.2 Å². The van der Waals surface area contributed by atoms with Crippen molar-refractivity contribution in [1.82, 2.24) is 9.97 Å². The van der Waals surface area contributed by atoms with Gasteiger partial charge in [-0.2, -0.15) is 0 Å². The Morgan fingerprint density at radius 2 is 2.19 bits per heavy atom. The zero-order chi connectivity index (χ0) is 14.8. The van der Waals surface area contributed by atoms with Crippen molar-refractivity contribution in [2.75, 3.05) is 36.6 Å². The third kappa shape index (κ3) is 3.28. The molecule has 2 aliphatic carbocycles. The summed E-state index contributed by atoms with van der Waals surface area (Å²) in [6.07, 6.45) is 7.85. The van der Waals surface area contributed by atoms with E-state index < -0.39 is 0 Å². The number of fused-ring (bicyclic) bond motifs is 2. The fraction of sp³-hybridized carbons (Fsp3) is 0.750. The SMILES string of the molecule is CCNc1cc(N(C)CC2CC3CCC2C3)nc(SC)n1. The lowest BCUT2D eigenvalue weighted by atomic mass is 9.88. The average molecular weight is 306 g/mol. The molecule has 0 amide bonds. The van der Waals surface area contributed by atoms with Crippen molar-refractivity contribution in [2.45, 2.75) is 37.8 Å². The van der Waals surface area contributed by atoms with Gasteiger partial charge in [0.15, 0.2) is 5.16 Å². The van der Waals surface area contributed by atoms with Crippen LogP contribution in [0.25, 0.3) is 0 Å². The molecule has 0 aliphatic heterocycles. The second-order valence-corrected chi connectivity index (χ2v) is 7.22. The van der Waals surface area contributed by atoms with Gasteiger partial charge in [-0.1, -0.05) is 18.2 Å². The summed E-state index contributed by atoms with van der Waals surface area (Å²) in [6, 6.07) is 2.08. The Morgan fingerprint density at radius 1 is 1.33 bits per heavy atom. The van der Waals surface area contributed by atoms with Crippen LogP contribution in [-0.4, -0.2) is 36.4 Å². The summed E-state index contributed by atoms with van der Waals surface area (Å²) in [5.41, 5.74) is 0. The molecule has 2 aliphatic rings. The molecule has 1 N–H and O–H groups in total. The minimum Gasteiger partial charge on any atom is -0.370 e. The molecule has 1 aromatic heterocycles. The Balaban J connectivity index is 1.71. The van der Waals surface area contributed by atoms with Gasteiger partial charge in [0, 0.05) is 26.2 Å². The van der Waals surface area contributed by atoms with Crippen LogP contribution in [0, 0.1) is 17.8 Å². The Labute approximate surface area is 132 Å². The predicted molar refractivity (Wildman–Crippen MR) is 90.2 cm³/mol. The average Bonchev–Trinajstić information content (AvgIpc) is 3.09. The van der Waals surface area contributed by atoms with Crippen molar-refractivity contribution < 1.29 is 0 Å². The van der Waals surface area contributed by atoms with Crippen LogP contribution in [0.5, 0.6) is 0 Å². The number of rotatable bonds is 6. The van der Waals surface area contributed by atoms with Crippen molar-refractivity contribution in [1.29, 1.82) is 0 Å². The quantitative estimate of drug-likeness (QED) is 0.643. The Kier molecular flexibility index (Phi) is 4.57. The van der Waals surface area contributed by atoms with Crippen LogP contribution in [0.1, 0.15) is 32.6 Å². The lowest BCUT2D eigenvalue weighted by Crippen LogP contribution is -2.29. The number of nitrogens with one attached hydrogen (secondary N) is 1. The van der Waals surface area contributed by atoms with Gasteiger partial charge in [-0.15, -0.1) is 0 Å². The molecule has 5 heteroatoms. The molecule has 2 bridgehead atoms. The zero-order valence-corrected chi connectivity index (χ0v) is 14.1. The van der Waals surface area contributed by atoms with E-state index in [1.807, 2.05) is 6.26 Å². The first-order valence-corrected chi connectivity index (χ1v) is 9.30. The number of nitrogens with zero attached hydrogens (tertiary/aromatic N) is 3. The molecule has 0 aromatic carbocycles. The van der Waals surface area contributed by atoms with Gasteiger partial charge in [0.25, 0.3) is 0 Å². The van der Waals surface area contributed by atoms with Gasteiger partial charge in [-0.3, -0.25) is 0 Å². The molecular weight excluding hydrogens is 280 g/mol. The molecule has 0 saturated heterocycles. The van der Waals surface area contributed by atoms with Crippen molar-refractivity contribution in [2.24, 2.45) is 17.8 Å². The highest BCUT2D eigenvalue weighted by Gasteiger charge is 2.39. The molecule has 1 aromatic rings. The monoisotopic (exact) mass is 306 g/mol. The molecule has 3 unspecified atom stereocenters. The number of anilines is 2.